The molecule has 5 nitrogen and oxygen atoms in total. The Morgan fingerprint density at radius 2 is 2.32 bits per heavy atom. The number of likely N-dealkylation sites (N-methyl/N-ethyl adjacent to an activating group) is 1. The number of aromatic hydroxyl groups is 1. The number of methoxy groups -OCH3 is 1. The number of carbonyl (C=O) groups is 1. The van der Waals surface area contributed by atoms with Crippen molar-refractivity contribution in [1.82, 2.24) is 10.2 Å². The Kier molecular flexibility index (Phi) is 4.27. The molecular weight excluding hydrogens is 244 g/mol. The first kappa shape index (κ1) is 13.7. The first-order valence-corrected chi connectivity index (χ1v) is 6.43. The first-order valence-electron chi connectivity index (χ1n) is 6.43. The minimum absolute atomic E-state index is 0.197. The number of nitrogens with zero attached hydrogens (tertiary/aromatic N) is 1. The number of phenols is 1. The van der Waals surface area contributed by atoms with Crippen molar-refractivity contribution >= 4 is 5.91 Å². The number of rotatable bonds is 4. The number of carbonyl (C=O) groups excluding carboxylic acids is 1. The zero-order valence-electron chi connectivity index (χ0n) is 11.3. The van der Waals surface area contributed by atoms with E-state index in [1.54, 1.807) is 24.1 Å². The fraction of sp³-hybridized carbons (Fsp3) is 0.500. The summed E-state index contributed by atoms with van der Waals surface area (Å²) in [6.07, 6.45) is 1.42. The van der Waals surface area contributed by atoms with Gasteiger partial charge in [-0.2, -0.15) is 0 Å². The molecule has 1 unspecified atom stereocenters. The molecule has 1 saturated heterocycles. The van der Waals surface area contributed by atoms with E-state index in [1.165, 1.54) is 0 Å². The van der Waals surface area contributed by atoms with Gasteiger partial charge < -0.3 is 20.1 Å². The van der Waals surface area contributed by atoms with Crippen LogP contribution in [0, 0.1) is 0 Å². The molecule has 1 atom stereocenters. The monoisotopic (exact) mass is 264 g/mol. The van der Waals surface area contributed by atoms with Gasteiger partial charge in [-0.05, 0) is 24.6 Å². The average Bonchev–Trinajstić information content (AvgIpc) is 2.41. The molecule has 1 aliphatic rings. The summed E-state index contributed by atoms with van der Waals surface area (Å²) in [5.41, 5.74) is 0.805. The van der Waals surface area contributed by atoms with Crippen LogP contribution in [0.4, 0.5) is 0 Å². The van der Waals surface area contributed by atoms with E-state index in [-0.39, 0.29) is 17.7 Å². The molecule has 0 radical (unpaired) electrons. The van der Waals surface area contributed by atoms with E-state index in [0.29, 0.717) is 19.5 Å². The lowest BCUT2D eigenvalue weighted by Crippen LogP contribution is -2.46. The molecule has 0 spiro atoms. The number of benzene rings is 1. The van der Waals surface area contributed by atoms with Gasteiger partial charge in [-0.15, -0.1) is 0 Å². The van der Waals surface area contributed by atoms with Gasteiger partial charge in [0, 0.05) is 38.2 Å². The Bertz CT molecular complexity index is 462. The molecule has 1 aromatic rings. The third kappa shape index (κ3) is 3.38. The molecule has 5 heteroatoms. The second kappa shape index (κ2) is 5.93. The van der Waals surface area contributed by atoms with Crippen molar-refractivity contribution in [2.24, 2.45) is 0 Å². The number of phenolic OH excluding ortho intramolecular Hbond substituents is 1. The van der Waals surface area contributed by atoms with Gasteiger partial charge in [0.1, 0.15) is 11.5 Å². The lowest BCUT2D eigenvalue weighted by molar-refractivity contribution is -0.132. The Morgan fingerprint density at radius 1 is 1.53 bits per heavy atom. The van der Waals surface area contributed by atoms with Crippen molar-refractivity contribution in [1.29, 1.82) is 0 Å². The molecule has 1 amide bonds. The maximum absolute atomic E-state index is 11.4. The van der Waals surface area contributed by atoms with E-state index >= 15 is 0 Å². The summed E-state index contributed by atoms with van der Waals surface area (Å²) in [5, 5.41) is 13.2. The van der Waals surface area contributed by atoms with Crippen LogP contribution in [0.3, 0.4) is 0 Å². The van der Waals surface area contributed by atoms with Crippen LogP contribution in [0.2, 0.25) is 0 Å². The summed E-state index contributed by atoms with van der Waals surface area (Å²) in [4.78, 5) is 13.1. The molecule has 1 fully saturated rings. The van der Waals surface area contributed by atoms with Crippen LogP contribution in [0.5, 0.6) is 11.5 Å². The summed E-state index contributed by atoms with van der Waals surface area (Å²) in [6, 6.07) is 5.45. The van der Waals surface area contributed by atoms with Crippen molar-refractivity contribution < 1.29 is 14.6 Å². The number of hydrogen-bond acceptors (Lipinski definition) is 4. The molecule has 1 heterocycles. The van der Waals surface area contributed by atoms with Crippen molar-refractivity contribution in [2.45, 2.75) is 25.4 Å². The van der Waals surface area contributed by atoms with E-state index in [9.17, 15) is 9.90 Å². The molecule has 19 heavy (non-hydrogen) atoms. The van der Waals surface area contributed by atoms with Gasteiger partial charge in [0.2, 0.25) is 5.91 Å². The van der Waals surface area contributed by atoms with Crippen molar-refractivity contribution in [3.63, 3.8) is 0 Å². The average molecular weight is 264 g/mol. The van der Waals surface area contributed by atoms with Crippen LogP contribution in [0.25, 0.3) is 0 Å². The van der Waals surface area contributed by atoms with Gasteiger partial charge in [-0.3, -0.25) is 4.79 Å². The predicted molar refractivity (Wildman–Crippen MR) is 72.2 cm³/mol. The molecular formula is C14H20N2O3. The van der Waals surface area contributed by atoms with E-state index in [2.05, 4.69) is 5.32 Å². The van der Waals surface area contributed by atoms with Gasteiger partial charge in [-0.1, -0.05) is 0 Å². The Morgan fingerprint density at radius 3 is 3.00 bits per heavy atom. The Balaban J connectivity index is 1.93. The van der Waals surface area contributed by atoms with E-state index in [4.69, 9.17) is 4.74 Å². The number of piperidine rings is 1. The highest BCUT2D eigenvalue weighted by atomic mass is 16.5. The van der Waals surface area contributed by atoms with E-state index in [0.717, 1.165) is 17.7 Å². The topological polar surface area (TPSA) is 61.8 Å². The van der Waals surface area contributed by atoms with Crippen LogP contribution in [0.15, 0.2) is 18.2 Å². The molecule has 2 rings (SSSR count). The fourth-order valence-corrected chi connectivity index (χ4v) is 2.26. The smallest absolute Gasteiger partial charge is 0.222 e. The van der Waals surface area contributed by atoms with Crippen molar-refractivity contribution in [3.8, 4) is 11.5 Å². The Hall–Kier alpha value is -1.75. The quantitative estimate of drug-likeness (QED) is 0.855. The lowest BCUT2D eigenvalue weighted by Gasteiger charge is -2.30. The van der Waals surface area contributed by atoms with Gasteiger partial charge in [0.15, 0.2) is 0 Å². The molecule has 104 valence electrons. The van der Waals surface area contributed by atoms with Crippen LogP contribution >= 0.6 is 0 Å². The van der Waals surface area contributed by atoms with Gasteiger partial charge in [0.25, 0.3) is 0 Å². The highest BCUT2D eigenvalue weighted by molar-refractivity contribution is 5.76. The number of likely N-dealkylation sites (tertiary alicyclic amines) is 1. The van der Waals surface area contributed by atoms with Crippen molar-refractivity contribution in [2.75, 3.05) is 20.7 Å². The summed E-state index contributed by atoms with van der Waals surface area (Å²) < 4.78 is 5.14. The van der Waals surface area contributed by atoms with Crippen LogP contribution < -0.4 is 10.1 Å². The van der Waals surface area contributed by atoms with Crippen LogP contribution in [-0.4, -0.2) is 42.7 Å². The third-order valence-corrected chi connectivity index (χ3v) is 3.49. The minimum Gasteiger partial charge on any atom is -0.508 e. The SMILES string of the molecule is COc1ccc(O)c(CNC2CCC(=O)N(C)C2)c1. The van der Waals surface area contributed by atoms with Crippen molar-refractivity contribution in [3.05, 3.63) is 23.8 Å². The predicted octanol–water partition coefficient (Wildman–Crippen LogP) is 1.11. The maximum Gasteiger partial charge on any atom is 0.222 e. The second-order valence-electron chi connectivity index (χ2n) is 4.89. The number of amides is 1. The Labute approximate surface area is 113 Å². The largest absolute Gasteiger partial charge is 0.508 e. The lowest BCUT2D eigenvalue weighted by atomic mass is 10.1. The maximum atomic E-state index is 11.4. The molecule has 1 aliphatic heterocycles. The molecule has 2 N–H and O–H groups in total. The van der Waals surface area contributed by atoms with E-state index in [1.807, 2.05) is 13.1 Å². The molecule has 0 aliphatic carbocycles. The summed E-state index contributed by atoms with van der Waals surface area (Å²) in [5.74, 6) is 1.18. The first-order chi connectivity index (χ1) is 9.10. The van der Waals surface area contributed by atoms with Gasteiger partial charge in [0.05, 0.1) is 7.11 Å². The zero-order chi connectivity index (χ0) is 13.8. The highest BCUT2D eigenvalue weighted by Gasteiger charge is 2.22. The minimum atomic E-state index is 0.197. The molecule has 0 aromatic heterocycles. The molecule has 1 aromatic carbocycles. The summed E-state index contributed by atoms with van der Waals surface area (Å²) in [7, 11) is 3.42. The van der Waals surface area contributed by atoms with E-state index < -0.39 is 0 Å². The summed E-state index contributed by atoms with van der Waals surface area (Å²) in [6.45, 7) is 1.28. The molecule has 0 saturated carbocycles. The number of ether oxygens (including phenoxy) is 1. The normalized spacial score (nSPS) is 19.6. The van der Waals surface area contributed by atoms with Crippen LogP contribution in [-0.2, 0) is 11.3 Å². The highest BCUT2D eigenvalue weighted by Crippen LogP contribution is 2.23. The fourth-order valence-electron chi connectivity index (χ4n) is 2.26. The third-order valence-electron chi connectivity index (χ3n) is 3.49. The number of hydrogen-bond donors (Lipinski definition) is 2. The second-order valence-corrected chi connectivity index (χ2v) is 4.89. The zero-order valence-corrected chi connectivity index (χ0v) is 11.3. The summed E-state index contributed by atoms with van der Waals surface area (Å²) >= 11 is 0. The standard InChI is InChI=1S/C14H20N2O3/c1-16-9-11(3-6-14(16)18)15-8-10-7-12(19-2)4-5-13(10)17/h4-5,7,11,15,17H,3,6,8-9H2,1-2H3. The van der Waals surface area contributed by atoms with Crippen LogP contribution in [0.1, 0.15) is 18.4 Å². The molecule has 0 bridgehead atoms. The number of nitrogens with one attached hydrogen (secondary N) is 1. The van der Waals surface area contributed by atoms with Gasteiger partial charge >= 0.3 is 0 Å². The van der Waals surface area contributed by atoms with Gasteiger partial charge in [-0.25, -0.2) is 0 Å².